The summed E-state index contributed by atoms with van der Waals surface area (Å²) in [6.45, 7) is 8.75. The molecule has 1 saturated heterocycles. The van der Waals surface area contributed by atoms with E-state index in [9.17, 15) is 0 Å². The molecule has 4 nitrogen and oxygen atoms in total. The van der Waals surface area contributed by atoms with Gasteiger partial charge in [0.05, 0.1) is 11.7 Å². The average Bonchev–Trinajstić information content (AvgIpc) is 2.92. The van der Waals surface area contributed by atoms with Gasteiger partial charge >= 0.3 is 0 Å². The maximum absolute atomic E-state index is 6.56. The Morgan fingerprint density at radius 1 is 1.45 bits per heavy atom. The van der Waals surface area contributed by atoms with Gasteiger partial charge in [-0.05, 0) is 31.2 Å². The van der Waals surface area contributed by atoms with Gasteiger partial charge < -0.3 is 5.32 Å². The minimum Gasteiger partial charge on any atom is -0.302 e. The largest absolute Gasteiger partial charge is 0.302 e. The number of rotatable bonds is 7. The Bertz CT molecular complexity index is 448. The number of likely N-dealkylation sites (tertiary alicyclic amines) is 1. The summed E-state index contributed by atoms with van der Waals surface area (Å²) in [6.07, 6.45) is 6.54. The van der Waals surface area contributed by atoms with Crippen LogP contribution >= 0.6 is 11.6 Å². The molecule has 0 aliphatic carbocycles. The molecule has 126 valence electrons. The topological polar surface area (TPSA) is 33.1 Å². The van der Waals surface area contributed by atoms with Gasteiger partial charge in [0.2, 0.25) is 0 Å². The highest BCUT2D eigenvalue weighted by Gasteiger charge is 2.34. The summed E-state index contributed by atoms with van der Waals surface area (Å²) in [6, 6.07) is 3.10. The fraction of sp³-hybridized carbons (Fsp3) is 0.824. The number of aromatic nitrogens is 2. The van der Waals surface area contributed by atoms with Gasteiger partial charge in [-0.3, -0.25) is 9.58 Å². The van der Waals surface area contributed by atoms with E-state index >= 15 is 0 Å². The number of nitrogens with one attached hydrogen (secondary N) is 1. The summed E-state index contributed by atoms with van der Waals surface area (Å²) in [5.41, 5.74) is 1.27. The van der Waals surface area contributed by atoms with E-state index < -0.39 is 0 Å². The summed E-state index contributed by atoms with van der Waals surface area (Å²) >= 11 is 6.56. The van der Waals surface area contributed by atoms with E-state index in [1.165, 1.54) is 25.0 Å². The smallest absolute Gasteiger partial charge is 0.0553 e. The summed E-state index contributed by atoms with van der Waals surface area (Å²) < 4.78 is 1.99. The predicted octanol–water partition coefficient (Wildman–Crippen LogP) is 3.54. The molecule has 1 aromatic rings. The van der Waals surface area contributed by atoms with E-state index in [0.717, 1.165) is 19.6 Å². The number of alkyl halides is 1. The van der Waals surface area contributed by atoms with Gasteiger partial charge in [0.1, 0.15) is 0 Å². The van der Waals surface area contributed by atoms with Crippen LogP contribution in [-0.2, 0) is 7.05 Å². The molecule has 2 heterocycles. The van der Waals surface area contributed by atoms with Crippen molar-refractivity contribution in [2.75, 3.05) is 13.2 Å². The third-order valence-electron chi connectivity index (χ3n) is 4.94. The first-order valence-electron chi connectivity index (χ1n) is 8.66. The van der Waals surface area contributed by atoms with Crippen molar-refractivity contribution in [3.63, 3.8) is 0 Å². The number of hydrogen-bond donors (Lipinski definition) is 1. The monoisotopic (exact) mass is 326 g/mol. The van der Waals surface area contributed by atoms with Crippen LogP contribution in [0.5, 0.6) is 0 Å². The zero-order chi connectivity index (χ0) is 16.1. The molecular weight excluding hydrogens is 296 g/mol. The van der Waals surface area contributed by atoms with Crippen molar-refractivity contribution < 1.29 is 0 Å². The Morgan fingerprint density at radius 3 is 2.82 bits per heavy atom. The maximum atomic E-state index is 6.56. The van der Waals surface area contributed by atoms with Gasteiger partial charge in [-0.25, -0.2) is 0 Å². The lowest BCUT2D eigenvalue weighted by Crippen LogP contribution is -2.48. The van der Waals surface area contributed by atoms with E-state index in [0.29, 0.717) is 18.0 Å². The Kier molecular flexibility index (Phi) is 6.72. The van der Waals surface area contributed by atoms with Gasteiger partial charge in [0, 0.05) is 37.9 Å². The fourth-order valence-electron chi connectivity index (χ4n) is 3.45. The molecule has 0 aromatic carbocycles. The van der Waals surface area contributed by atoms with Crippen molar-refractivity contribution in [2.24, 2.45) is 13.0 Å². The van der Waals surface area contributed by atoms with E-state index in [-0.39, 0.29) is 5.38 Å². The number of aryl methyl sites for hydroxylation is 1. The second kappa shape index (κ2) is 8.32. The Hall–Kier alpha value is -0.580. The number of piperidine rings is 1. The van der Waals surface area contributed by atoms with Gasteiger partial charge in [-0.1, -0.05) is 27.2 Å². The highest BCUT2D eigenvalue weighted by atomic mass is 35.5. The normalized spacial score (nSPS) is 28.0. The summed E-state index contributed by atoms with van der Waals surface area (Å²) in [5.74, 6) is 0.527. The van der Waals surface area contributed by atoms with Crippen molar-refractivity contribution >= 4 is 11.6 Å². The Labute approximate surface area is 140 Å². The number of halogens is 1. The van der Waals surface area contributed by atoms with Crippen LogP contribution in [0.4, 0.5) is 0 Å². The molecule has 1 fully saturated rings. The zero-order valence-corrected chi connectivity index (χ0v) is 15.2. The molecule has 5 heteroatoms. The lowest BCUT2D eigenvalue weighted by Gasteiger charge is -2.41. The summed E-state index contributed by atoms with van der Waals surface area (Å²) in [5, 5.41) is 8.32. The summed E-state index contributed by atoms with van der Waals surface area (Å²) in [7, 11) is 2.02. The minimum atomic E-state index is 0.244. The van der Waals surface area contributed by atoms with Crippen LogP contribution in [0, 0.1) is 5.92 Å². The van der Waals surface area contributed by atoms with Gasteiger partial charge in [-0.2, -0.15) is 5.10 Å². The molecule has 1 N–H and O–H groups in total. The van der Waals surface area contributed by atoms with Gasteiger partial charge in [0.15, 0.2) is 0 Å². The Balaban J connectivity index is 2.06. The SMILES string of the molecule is CCCC(CC)NCN1CC(C)C(Cl)CC1c1ccnn1C. The second-order valence-electron chi connectivity index (χ2n) is 6.65. The van der Waals surface area contributed by atoms with Crippen molar-refractivity contribution in [3.8, 4) is 0 Å². The third-order valence-corrected chi connectivity index (χ3v) is 5.55. The van der Waals surface area contributed by atoms with Crippen LogP contribution in [0.2, 0.25) is 0 Å². The standard InChI is InChI=1S/C17H31ClN4/c1-5-7-14(6-2)19-12-22-11-13(3)15(18)10-17(22)16-8-9-20-21(16)4/h8-9,13-15,17,19H,5-7,10-12H2,1-4H3. The molecule has 4 unspecified atom stereocenters. The molecule has 0 amide bonds. The van der Waals surface area contributed by atoms with Crippen LogP contribution in [0.1, 0.15) is 58.2 Å². The number of nitrogens with zero attached hydrogens (tertiary/aromatic N) is 3. The van der Waals surface area contributed by atoms with Gasteiger partial charge in [-0.15, -0.1) is 11.6 Å². The van der Waals surface area contributed by atoms with Crippen molar-refractivity contribution in [2.45, 2.75) is 63.9 Å². The molecule has 22 heavy (non-hydrogen) atoms. The van der Waals surface area contributed by atoms with Crippen molar-refractivity contribution in [1.29, 1.82) is 0 Å². The first-order chi connectivity index (χ1) is 10.6. The molecule has 1 aromatic heterocycles. The fourth-order valence-corrected chi connectivity index (χ4v) is 3.69. The van der Waals surface area contributed by atoms with Crippen LogP contribution in [0.15, 0.2) is 12.3 Å². The van der Waals surface area contributed by atoms with E-state index in [1.54, 1.807) is 0 Å². The molecule has 0 saturated carbocycles. The van der Waals surface area contributed by atoms with Crippen molar-refractivity contribution in [1.82, 2.24) is 20.0 Å². The molecule has 1 aliphatic heterocycles. The zero-order valence-electron chi connectivity index (χ0n) is 14.4. The number of hydrogen-bond acceptors (Lipinski definition) is 3. The molecule has 1 aliphatic rings. The highest BCUT2D eigenvalue weighted by molar-refractivity contribution is 6.20. The molecule has 0 radical (unpaired) electrons. The van der Waals surface area contributed by atoms with E-state index in [2.05, 4.69) is 42.2 Å². The molecule has 0 spiro atoms. The lowest BCUT2D eigenvalue weighted by atomic mass is 9.92. The lowest BCUT2D eigenvalue weighted by molar-refractivity contribution is 0.0961. The first-order valence-corrected chi connectivity index (χ1v) is 9.09. The van der Waals surface area contributed by atoms with Crippen LogP contribution in [0.25, 0.3) is 0 Å². The predicted molar refractivity (Wildman–Crippen MR) is 93.1 cm³/mol. The molecule has 0 bridgehead atoms. The van der Waals surface area contributed by atoms with E-state index in [1.807, 2.05) is 17.9 Å². The average molecular weight is 327 g/mol. The van der Waals surface area contributed by atoms with Crippen LogP contribution < -0.4 is 5.32 Å². The molecule has 4 atom stereocenters. The van der Waals surface area contributed by atoms with E-state index in [4.69, 9.17) is 11.6 Å². The quantitative estimate of drug-likeness (QED) is 0.778. The highest BCUT2D eigenvalue weighted by Crippen LogP contribution is 2.35. The minimum absolute atomic E-state index is 0.244. The third kappa shape index (κ3) is 4.24. The molecular formula is C17H31ClN4. The Morgan fingerprint density at radius 2 is 2.23 bits per heavy atom. The van der Waals surface area contributed by atoms with Gasteiger partial charge in [0.25, 0.3) is 0 Å². The van der Waals surface area contributed by atoms with Crippen LogP contribution in [-0.4, -0.2) is 39.3 Å². The summed E-state index contributed by atoms with van der Waals surface area (Å²) in [4.78, 5) is 2.54. The molecule has 2 rings (SSSR count). The van der Waals surface area contributed by atoms with Crippen LogP contribution in [0.3, 0.4) is 0 Å². The van der Waals surface area contributed by atoms with Crippen molar-refractivity contribution in [3.05, 3.63) is 18.0 Å². The maximum Gasteiger partial charge on any atom is 0.0553 e. The first kappa shape index (κ1) is 17.8. The second-order valence-corrected chi connectivity index (χ2v) is 7.21.